The summed E-state index contributed by atoms with van der Waals surface area (Å²) in [6, 6.07) is 19.4. The Morgan fingerprint density at radius 1 is 0.920 bits per heavy atom. The Hall–Kier alpha value is -1.78. The van der Waals surface area contributed by atoms with Crippen LogP contribution in [0.15, 0.2) is 64.5 Å². The molecule has 2 saturated heterocycles. The Labute approximate surface area is 153 Å². The van der Waals surface area contributed by atoms with Gasteiger partial charge in [-0.15, -0.1) is 0 Å². The maximum atomic E-state index is 4.78. The smallest absolute Gasteiger partial charge is 0.0686 e. The van der Waals surface area contributed by atoms with Crippen molar-refractivity contribution in [1.29, 1.82) is 0 Å². The van der Waals surface area contributed by atoms with Crippen molar-refractivity contribution < 1.29 is 0 Å². The summed E-state index contributed by atoms with van der Waals surface area (Å²) in [5.74, 6) is 0. The fourth-order valence-corrected chi connectivity index (χ4v) is 5.48. The minimum absolute atomic E-state index is 0.554. The lowest BCUT2D eigenvalue weighted by Crippen LogP contribution is -2.40. The Kier molecular flexibility index (Phi) is 3.83. The zero-order valence-electron chi connectivity index (χ0n) is 14.5. The highest BCUT2D eigenvalue weighted by molar-refractivity contribution is 7.99. The van der Waals surface area contributed by atoms with E-state index in [1.807, 2.05) is 18.0 Å². The number of nitrogens with zero attached hydrogens (tertiary/aromatic N) is 3. The normalized spacial score (nSPS) is 26.4. The predicted molar refractivity (Wildman–Crippen MR) is 103 cm³/mol. The van der Waals surface area contributed by atoms with Crippen LogP contribution in [0, 0.1) is 0 Å². The lowest BCUT2D eigenvalue weighted by atomic mass is 9.98. The van der Waals surface area contributed by atoms with Crippen molar-refractivity contribution in [2.45, 2.75) is 53.6 Å². The highest BCUT2D eigenvalue weighted by atomic mass is 32.2. The van der Waals surface area contributed by atoms with Crippen molar-refractivity contribution in [3.8, 4) is 0 Å². The van der Waals surface area contributed by atoms with Crippen LogP contribution in [0.1, 0.15) is 31.7 Å². The molecule has 5 rings (SSSR count). The van der Waals surface area contributed by atoms with E-state index in [0.717, 1.165) is 12.1 Å². The first-order chi connectivity index (χ1) is 12.3. The molecule has 0 aliphatic carbocycles. The van der Waals surface area contributed by atoms with E-state index in [9.17, 15) is 0 Å². The van der Waals surface area contributed by atoms with Gasteiger partial charge in [-0.25, -0.2) is 0 Å². The summed E-state index contributed by atoms with van der Waals surface area (Å²) >= 11 is 1.81. The maximum Gasteiger partial charge on any atom is 0.0686 e. The topological polar surface area (TPSA) is 21.1 Å². The van der Waals surface area contributed by atoms with Gasteiger partial charge in [0.15, 0.2) is 0 Å². The van der Waals surface area contributed by atoms with Gasteiger partial charge in [0.2, 0.25) is 0 Å². The van der Waals surface area contributed by atoms with E-state index in [1.54, 1.807) is 0 Å². The van der Waals surface area contributed by atoms with Crippen LogP contribution in [-0.4, -0.2) is 33.8 Å². The second-order valence-corrected chi connectivity index (χ2v) is 8.55. The zero-order valence-corrected chi connectivity index (χ0v) is 15.3. The second-order valence-electron chi connectivity index (χ2n) is 7.40. The van der Waals surface area contributed by atoms with E-state index in [4.69, 9.17) is 5.10 Å². The first kappa shape index (κ1) is 15.5. The third-order valence-electron chi connectivity index (χ3n) is 5.97. The van der Waals surface area contributed by atoms with Gasteiger partial charge in [0, 0.05) is 27.3 Å². The maximum absolute atomic E-state index is 4.78. The van der Waals surface area contributed by atoms with Gasteiger partial charge in [-0.2, -0.15) is 5.10 Å². The van der Waals surface area contributed by atoms with Gasteiger partial charge >= 0.3 is 0 Å². The van der Waals surface area contributed by atoms with E-state index in [0.29, 0.717) is 6.04 Å². The monoisotopic (exact) mass is 349 g/mol. The Morgan fingerprint density at radius 3 is 2.44 bits per heavy atom. The fraction of sp³-hybridized carbons (Fsp3) is 0.381. The SMILES string of the molecule is CN1C2CCC1CC(n1ncc3cc(Sc4ccccc4)ccc31)C2. The highest BCUT2D eigenvalue weighted by Crippen LogP contribution is 2.40. The molecule has 3 heterocycles. The van der Waals surface area contributed by atoms with Crippen molar-refractivity contribution in [2.75, 3.05) is 7.05 Å². The van der Waals surface area contributed by atoms with Crippen molar-refractivity contribution in [2.24, 2.45) is 0 Å². The molecule has 2 atom stereocenters. The third-order valence-corrected chi connectivity index (χ3v) is 6.96. The van der Waals surface area contributed by atoms with Crippen molar-refractivity contribution in [3.05, 3.63) is 54.7 Å². The molecule has 0 saturated carbocycles. The van der Waals surface area contributed by atoms with Gasteiger partial charge in [-0.3, -0.25) is 4.68 Å². The van der Waals surface area contributed by atoms with Crippen molar-refractivity contribution in [1.82, 2.24) is 14.7 Å². The summed E-state index contributed by atoms with van der Waals surface area (Å²) in [6.07, 6.45) is 7.24. The minimum atomic E-state index is 0.554. The van der Waals surface area contributed by atoms with Crippen LogP contribution in [-0.2, 0) is 0 Å². The summed E-state index contributed by atoms with van der Waals surface area (Å²) < 4.78 is 2.30. The number of piperidine rings is 1. The van der Waals surface area contributed by atoms with Gasteiger partial charge in [-0.05, 0) is 63.1 Å². The molecule has 2 aliphatic heterocycles. The molecule has 25 heavy (non-hydrogen) atoms. The predicted octanol–water partition coefficient (Wildman–Crippen LogP) is 4.99. The molecule has 3 aromatic rings. The van der Waals surface area contributed by atoms with E-state index >= 15 is 0 Å². The summed E-state index contributed by atoms with van der Waals surface area (Å²) in [7, 11) is 2.30. The largest absolute Gasteiger partial charge is 0.300 e. The van der Waals surface area contributed by atoms with Gasteiger partial charge in [0.1, 0.15) is 0 Å². The van der Waals surface area contributed by atoms with Crippen LogP contribution in [0.5, 0.6) is 0 Å². The first-order valence-corrected chi connectivity index (χ1v) is 10.0. The van der Waals surface area contributed by atoms with Gasteiger partial charge in [0.25, 0.3) is 0 Å². The lowest BCUT2D eigenvalue weighted by molar-refractivity contribution is 0.133. The number of hydrogen-bond acceptors (Lipinski definition) is 3. The molecule has 2 unspecified atom stereocenters. The Bertz CT molecular complexity index is 875. The van der Waals surface area contributed by atoms with Crippen LogP contribution in [0.25, 0.3) is 10.9 Å². The third kappa shape index (κ3) is 2.77. The van der Waals surface area contributed by atoms with Gasteiger partial charge in [-0.1, -0.05) is 30.0 Å². The Morgan fingerprint density at radius 2 is 1.68 bits per heavy atom. The van der Waals surface area contributed by atoms with Gasteiger partial charge in [0.05, 0.1) is 17.8 Å². The Balaban J connectivity index is 1.42. The standard InChI is InChI=1S/C21H23N3S/c1-23-16-7-8-17(23)13-18(12-16)24-21-10-9-20(11-15(21)14-22-24)25-19-5-3-2-4-6-19/h2-6,9-11,14,16-18H,7-8,12-13H2,1H3. The number of fused-ring (bicyclic) bond motifs is 3. The van der Waals surface area contributed by atoms with Crippen LogP contribution >= 0.6 is 11.8 Å². The van der Waals surface area contributed by atoms with E-state index in [2.05, 4.69) is 65.2 Å². The number of rotatable bonds is 3. The number of hydrogen-bond donors (Lipinski definition) is 0. The zero-order chi connectivity index (χ0) is 16.8. The molecular formula is C21H23N3S. The summed E-state index contributed by atoms with van der Waals surface area (Å²) in [5, 5.41) is 6.03. The average Bonchev–Trinajstić information content (AvgIpc) is 3.12. The van der Waals surface area contributed by atoms with Gasteiger partial charge < -0.3 is 4.90 Å². The minimum Gasteiger partial charge on any atom is -0.300 e. The van der Waals surface area contributed by atoms with Crippen molar-refractivity contribution >= 4 is 22.7 Å². The molecule has 2 bridgehead atoms. The van der Waals surface area contributed by atoms with Crippen LogP contribution in [0.4, 0.5) is 0 Å². The lowest BCUT2D eigenvalue weighted by Gasteiger charge is -2.36. The molecule has 0 radical (unpaired) electrons. The van der Waals surface area contributed by atoms with E-state index in [-0.39, 0.29) is 0 Å². The summed E-state index contributed by atoms with van der Waals surface area (Å²) in [6.45, 7) is 0. The quantitative estimate of drug-likeness (QED) is 0.665. The molecule has 3 nitrogen and oxygen atoms in total. The molecule has 4 heteroatoms. The molecule has 2 fully saturated rings. The number of aromatic nitrogens is 2. The molecule has 1 aromatic heterocycles. The molecule has 2 aromatic carbocycles. The summed E-state index contributed by atoms with van der Waals surface area (Å²) in [4.78, 5) is 5.15. The van der Waals surface area contributed by atoms with Crippen LogP contribution in [0.2, 0.25) is 0 Å². The van der Waals surface area contributed by atoms with E-state index in [1.165, 1.54) is 46.4 Å². The number of benzene rings is 2. The molecule has 128 valence electrons. The molecule has 0 spiro atoms. The molecule has 0 amide bonds. The average molecular weight is 350 g/mol. The molecule has 2 aliphatic rings. The molecule has 0 N–H and O–H groups in total. The second kappa shape index (κ2) is 6.19. The fourth-order valence-electron chi connectivity index (χ4n) is 4.59. The molecular weight excluding hydrogens is 326 g/mol. The summed E-state index contributed by atoms with van der Waals surface area (Å²) in [5.41, 5.74) is 1.28. The first-order valence-electron chi connectivity index (χ1n) is 9.20. The van der Waals surface area contributed by atoms with E-state index < -0.39 is 0 Å². The van der Waals surface area contributed by atoms with Crippen LogP contribution in [0.3, 0.4) is 0 Å². The van der Waals surface area contributed by atoms with Crippen molar-refractivity contribution in [3.63, 3.8) is 0 Å². The van der Waals surface area contributed by atoms with Crippen LogP contribution < -0.4 is 0 Å². The highest BCUT2D eigenvalue weighted by Gasteiger charge is 2.39.